The number of rotatable bonds is 3. The maximum Gasteiger partial charge on any atom is 0.426 e. The van der Waals surface area contributed by atoms with Crippen LogP contribution >= 0.6 is 11.3 Å². The molecule has 0 spiro atoms. The fourth-order valence-corrected chi connectivity index (χ4v) is 3.05. The average Bonchev–Trinajstić information content (AvgIpc) is 3.10. The highest BCUT2D eigenvalue weighted by Gasteiger charge is 2.37. The lowest BCUT2D eigenvalue weighted by Gasteiger charge is -2.08. The smallest absolute Gasteiger partial charge is 0.426 e. The summed E-state index contributed by atoms with van der Waals surface area (Å²) >= 11 is 0.468. The molecule has 0 aliphatic rings. The molecule has 0 radical (unpaired) electrons. The first kappa shape index (κ1) is 16.4. The van der Waals surface area contributed by atoms with Crippen LogP contribution in [0.1, 0.15) is 22.3 Å². The van der Waals surface area contributed by atoms with E-state index in [4.69, 9.17) is 4.74 Å². The van der Waals surface area contributed by atoms with Gasteiger partial charge in [0, 0.05) is 11.1 Å². The monoisotopic (exact) mass is 359 g/mol. The number of aromatic nitrogens is 3. The van der Waals surface area contributed by atoms with Crippen molar-refractivity contribution >= 4 is 28.5 Å². The van der Waals surface area contributed by atoms with Crippen molar-refractivity contribution < 1.29 is 27.1 Å². The van der Waals surface area contributed by atoms with Gasteiger partial charge in [0.15, 0.2) is 5.65 Å². The fourth-order valence-electron chi connectivity index (χ4n) is 2.28. The summed E-state index contributed by atoms with van der Waals surface area (Å²) in [5, 5.41) is 1.23. The molecule has 1 N–H and O–H groups in total. The molecule has 0 saturated heterocycles. The van der Waals surface area contributed by atoms with Crippen LogP contribution in [0.4, 0.5) is 17.6 Å². The molecule has 126 valence electrons. The van der Waals surface area contributed by atoms with E-state index < -0.39 is 23.0 Å². The Balaban J connectivity index is 2.33. The highest BCUT2D eigenvalue weighted by Crippen LogP contribution is 2.43. The second-order valence-electron chi connectivity index (χ2n) is 4.65. The summed E-state index contributed by atoms with van der Waals surface area (Å²) < 4.78 is 57.9. The normalized spacial score (nSPS) is 11.9. The third-order valence-electron chi connectivity index (χ3n) is 3.14. The predicted molar refractivity (Wildman–Crippen MR) is 78.1 cm³/mol. The number of fused-ring (bicyclic) bond motifs is 1. The van der Waals surface area contributed by atoms with Crippen LogP contribution in [0.15, 0.2) is 17.6 Å². The molecular weight excluding hydrogens is 350 g/mol. The van der Waals surface area contributed by atoms with Crippen molar-refractivity contribution in [2.24, 2.45) is 0 Å². The molecule has 0 amide bonds. The predicted octanol–water partition coefficient (Wildman–Crippen LogP) is 4.02. The first-order chi connectivity index (χ1) is 11.3. The van der Waals surface area contributed by atoms with Gasteiger partial charge in [0.25, 0.3) is 0 Å². The third kappa shape index (κ3) is 2.73. The Morgan fingerprint density at radius 1 is 1.42 bits per heavy atom. The molecule has 0 fully saturated rings. The molecule has 5 nitrogen and oxygen atoms in total. The molecule has 3 rings (SSSR count). The van der Waals surface area contributed by atoms with Crippen LogP contribution in [0.5, 0.6) is 0 Å². The number of thiophene rings is 1. The van der Waals surface area contributed by atoms with E-state index in [1.807, 2.05) is 0 Å². The number of H-pyrrole nitrogens is 1. The number of nitrogens with zero attached hydrogens (tertiary/aromatic N) is 2. The summed E-state index contributed by atoms with van der Waals surface area (Å²) in [5.41, 5.74) is -0.872. The van der Waals surface area contributed by atoms with Gasteiger partial charge >= 0.3 is 12.1 Å². The minimum absolute atomic E-state index is 0.00576. The minimum Gasteiger partial charge on any atom is -0.461 e. The van der Waals surface area contributed by atoms with Crippen molar-refractivity contribution in [1.82, 2.24) is 15.0 Å². The van der Waals surface area contributed by atoms with Gasteiger partial charge in [-0.15, -0.1) is 11.3 Å². The molecule has 3 heterocycles. The van der Waals surface area contributed by atoms with Gasteiger partial charge < -0.3 is 9.72 Å². The number of halogens is 4. The van der Waals surface area contributed by atoms with E-state index in [9.17, 15) is 22.4 Å². The zero-order valence-electron chi connectivity index (χ0n) is 12.1. The highest BCUT2D eigenvalue weighted by atomic mass is 32.1. The molecule has 0 aromatic carbocycles. The fraction of sp³-hybridized carbons (Fsp3) is 0.214. The maximum atomic E-state index is 13.4. The van der Waals surface area contributed by atoms with Crippen molar-refractivity contribution in [1.29, 1.82) is 0 Å². The zero-order chi connectivity index (χ0) is 17.5. The van der Waals surface area contributed by atoms with Gasteiger partial charge in [0.1, 0.15) is 16.1 Å². The molecule has 3 aromatic heterocycles. The molecule has 0 aliphatic carbocycles. The molecule has 10 heteroatoms. The van der Waals surface area contributed by atoms with Gasteiger partial charge in [-0.05, 0) is 18.4 Å². The molecule has 24 heavy (non-hydrogen) atoms. The highest BCUT2D eigenvalue weighted by molar-refractivity contribution is 7.10. The number of aromatic amines is 1. The van der Waals surface area contributed by atoms with Crippen molar-refractivity contribution in [3.05, 3.63) is 34.2 Å². The van der Waals surface area contributed by atoms with Crippen LogP contribution in [0, 0.1) is 5.95 Å². The van der Waals surface area contributed by atoms with E-state index in [0.29, 0.717) is 11.3 Å². The summed E-state index contributed by atoms with van der Waals surface area (Å²) in [4.78, 5) is 21.1. The Morgan fingerprint density at radius 2 is 2.17 bits per heavy atom. The minimum atomic E-state index is -4.63. The molecule has 0 aliphatic heterocycles. The maximum absolute atomic E-state index is 13.4. The summed E-state index contributed by atoms with van der Waals surface area (Å²) in [6.07, 6.45) is -3.82. The van der Waals surface area contributed by atoms with Crippen LogP contribution in [0.25, 0.3) is 22.3 Å². The Bertz CT molecular complexity index is 917. The summed E-state index contributed by atoms with van der Waals surface area (Å²) in [6.45, 7) is 1.58. The lowest BCUT2D eigenvalue weighted by atomic mass is 10.1. The number of carbonyl (C=O) groups is 1. The standard InChI is InChI=1S/C14H9F4N3O2S/c1-2-23-13(22)10-8(6-3-4-24-11(6)14(16,17)18)9-12(21-10)19-5-7(15)20-9/h3-5H,2H2,1H3,(H,19,21). The van der Waals surface area contributed by atoms with Gasteiger partial charge in [-0.1, -0.05) is 0 Å². The van der Waals surface area contributed by atoms with Crippen molar-refractivity contribution in [3.63, 3.8) is 0 Å². The van der Waals surface area contributed by atoms with Crippen LogP contribution < -0.4 is 0 Å². The van der Waals surface area contributed by atoms with Crippen LogP contribution in [-0.4, -0.2) is 27.5 Å². The Hall–Kier alpha value is -2.49. The molecule has 3 aromatic rings. The van der Waals surface area contributed by atoms with Crippen molar-refractivity contribution in [2.45, 2.75) is 13.1 Å². The molecular formula is C14H9F4N3O2S. The average molecular weight is 359 g/mol. The van der Waals surface area contributed by atoms with E-state index in [0.717, 1.165) is 6.20 Å². The van der Waals surface area contributed by atoms with Gasteiger partial charge in [-0.3, -0.25) is 0 Å². The number of alkyl halides is 3. The first-order valence-electron chi connectivity index (χ1n) is 6.69. The van der Waals surface area contributed by atoms with Crippen LogP contribution in [0.3, 0.4) is 0 Å². The van der Waals surface area contributed by atoms with Crippen molar-refractivity contribution in [3.8, 4) is 11.1 Å². The van der Waals surface area contributed by atoms with E-state index in [1.165, 1.54) is 11.4 Å². The van der Waals surface area contributed by atoms with Crippen LogP contribution in [0.2, 0.25) is 0 Å². The van der Waals surface area contributed by atoms with E-state index in [1.54, 1.807) is 6.92 Å². The second-order valence-corrected chi connectivity index (χ2v) is 5.56. The molecule has 0 saturated carbocycles. The van der Waals surface area contributed by atoms with Crippen molar-refractivity contribution in [2.75, 3.05) is 6.61 Å². The summed E-state index contributed by atoms with van der Waals surface area (Å²) in [7, 11) is 0. The summed E-state index contributed by atoms with van der Waals surface area (Å²) in [6, 6.07) is 1.20. The Morgan fingerprint density at radius 3 is 2.83 bits per heavy atom. The first-order valence-corrected chi connectivity index (χ1v) is 7.57. The van der Waals surface area contributed by atoms with E-state index >= 15 is 0 Å². The number of nitrogens with one attached hydrogen (secondary N) is 1. The van der Waals surface area contributed by atoms with Gasteiger partial charge in [0.05, 0.1) is 12.8 Å². The number of esters is 1. The molecule has 0 atom stereocenters. The molecule has 0 bridgehead atoms. The summed E-state index contributed by atoms with van der Waals surface area (Å²) in [5.74, 6) is -1.84. The van der Waals surface area contributed by atoms with Crippen LogP contribution in [-0.2, 0) is 10.9 Å². The second kappa shape index (κ2) is 5.86. The SMILES string of the molecule is CCOC(=O)c1[nH]c2ncc(F)nc2c1-c1ccsc1C(F)(F)F. The number of hydrogen-bond donors (Lipinski definition) is 1. The third-order valence-corrected chi connectivity index (χ3v) is 4.10. The lowest BCUT2D eigenvalue weighted by Crippen LogP contribution is -2.08. The Kier molecular flexibility index (Phi) is 3.99. The quantitative estimate of drug-likeness (QED) is 0.567. The van der Waals surface area contributed by atoms with Gasteiger partial charge in [-0.2, -0.15) is 17.6 Å². The number of ether oxygens (including phenoxy) is 1. The number of carbonyl (C=O) groups excluding carboxylic acids is 1. The van der Waals surface area contributed by atoms with E-state index in [-0.39, 0.29) is 34.6 Å². The number of hydrogen-bond acceptors (Lipinski definition) is 5. The largest absolute Gasteiger partial charge is 0.461 e. The molecule has 0 unspecified atom stereocenters. The zero-order valence-corrected chi connectivity index (χ0v) is 12.9. The topological polar surface area (TPSA) is 67.9 Å². The van der Waals surface area contributed by atoms with Gasteiger partial charge in [0.2, 0.25) is 5.95 Å². The van der Waals surface area contributed by atoms with E-state index in [2.05, 4.69) is 15.0 Å². The Labute approximate surface area is 136 Å². The lowest BCUT2D eigenvalue weighted by molar-refractivity contribution is -0.133. The van der Waals surface area contributed by atoms with Gasteiger partial charge in [-0.25, -0.2) is 14.8 Å².